The Labute approximate surface area is 132 Å². The van der Waals surface area contributed by atoms with Gasteiger partial charge in [0.15, 0.2) is 0 Å². The first kappa shape index (κ1) is 16.1. The van der Waals surface area contributed by atoms with E-state index in [2.05, 4.69) is 77.5 Å². The van der Waals surface area contributed by atoms with Gasteiger partial charge in [0.2, 0.25) is 5.95 Å². The van der Waals surface area contributed by atoms with Crippen LogP contribution in [0, 0.1) is 0 Å². The van der Waals surface area contributed by atoms with Crippen LogP contribution in [0.5, 0.6) is 0 Å². The van der Waals surface area contributed by atoms with E-state index in [1.54, 1.807) is 6.20 Å². The van der Waals surface area contributed by atoms with Gasteiger partial charge in [0, 0.05) is 36.7 Å². The second-order valence-electron chi connectivity index (χ2n) is 5.41. The molecule has 0 aliphatic carbocycles. The number of aromatic nitrogens is 2. The van der Waals surface area contributed by atoms with Gasteiger partial charge in [0.05, 0.1) is 0 Å². The fourth-order valence-electron chi connectivity index (χ4n) is 2.25. The van der Waals surface area contributed by atoms with Crippen molar-refractivity contribution < 1.29 is 0 Å². The lowest BCUT2D eigenvalue weighted by molar-refractivity contribution is 0.866. The molecule has 0 aliphatic rings. The Morgan fingerprint density at radius 3 is 2.32 bits per heavy atom. The molecule has 2 N–H and O–H groups in total. The Kier molecular flexibility index (Phi) is 5.58. The van der Waals surface area contributed by atoms with Crippen LogP contribution >= 0.6 is 0 Å². The van der Waals surface area contributed by atoms with Gasteiger partial charge in [-0.05, 0) is 58.0 Å². The topological polar surface area (TPSA) is 53.1 Å². The number of nitrogens with one attached hydrogen (secondary N) is 2. The lowest BCUT2D eigenvalue weighted by Crippen LogP contribution is -2.21. The molecule has 22 heavy (non-hydrogen) atoms. The molecule has 2 rings (SSSR count). The molecule has 118 valence electrons. The van der Waals surface area contributed by atoms with Crippen molar-refractivity contribution in [3.8, 4) is 0 Å². The third-order valence-corrected chi connectivity index (χ3v) is 3.34. The smallest absolute Gasteiger partial charge is 0.224 e. The monoisotopic (exact) mass is 299 g/mol. The molecule has 0 saturated heterocycles. The Morgan fingerprint density at radius 2 is 1.73 bits per heavy atom. The fraction of sp³-hybridized carbons (Fsp3) is 0.412. The summed E-state index contributed by atoms with van der Waals surface area (Å²) in [5.74, 6) is 1.42. The Balaban J connectivity index is 2.07. The molecule has 0 amide bonds. The van der Waals surface area contributed by atoms with E-state index in [0.29, 0.717) is 12.0 Å². The van der Waals surface area contributed by atoms with E-state index in [4.69, 9.17) is 0 Å². The summed E-state index contributed by atoms with van der Waals surface area (Å²) in [7, 11) is 0. The van der Waals surface area contributed by atoms with E-state index in [9.17, 15) is 0 Å². The van der Waals surface area contributed by atoms with E-state index in [1.165, 1.54) is 5.69 Å². The van der Waals surface area contributed by atoms with Crippen molar-refractivity contribution in [1.82, 2.24) is 9.97 Å². The number of anilines is 4. The summed E-state index contributed by atoms with van der Waals surface area (Å²) in [5.41, 5.74) is 2.26. The predicted octanol–water partition coefficient (Wildman–Crippen LogP) is 3.89. The first-order valence-electron chi connectivity index (χ1n) is 7.84. The molecule has 0 bridgehead atoms. The zero-order valence-corrected chi connectivity index (χ0v) is 13.8. The SMILES string of the molecule is CCN(CC)c1ccc(Nc2ccnc(NC(C)C)n2)cc1. The number of nitrogens with zero attached hydrogens (tertiary/aromatic N) is 3. The maximum Gasteiger partial charge on any atom is 0.224 e. The molecule has 0 unspecified atom stereocenters. The summed E-state index contributed by atoms with van der Waals surface area (Å²) >= 11 is 0. The lowest BCUT2D eigenvalue weighted by atomic mass is 10.2. The summed E-state index contributed by atoms with van der Waals surface area (Å²) in [6, 6.07) is 10.6. The van der Waals surface area contributed by atoms with Gasteiger partial charge >= 0.3 is 0 Å². The Morgan fingerprint density at radius 1 is 1.05 bits per heavy atom. The molecule has 0 atom stereocenters. The van der Waals surface area contributed by atoms with Gasteiger partial charge in [-0.25, -0.2) is 4.98 Å². The first-order valence-corrected chi connectivity index (χ1v) is 7.84. The van der Waals surface area contributed by atoms with Gasteiger partial charge in [-0.2, -0.15) is 4.98 Å². The zero-order valence-electron chi connectivity index (χ0n) is 13.8. The zero-order chi connectivity index (χ0) is 15.9. The van der Waals surface area contributed by atoms with Crippen molar-refractivity contribution in [2.45, 2.75) is 33.7 Å². The Hall–Kier alpha value is -2.30. The fourth-order valence-corrected chi connectivity index (χ4v) is 2.25. The molecule has 1 heterocycles. The van der Waals surface area contributed by atoms with Crippen LogP contribution in [0.2, 0.25) is 0 Å². The van der Waals surface area contributed by atoms with Crippen LogP contribution in [0.15, 0.2) is 36.5 Å². The van der Waals surface area contributed by atoms with Crippen molar-refractivity contribution in [1.29, 1.82) is 0 Å². The van der Waals surface area contributed by atoms with Gasteiger partial charge in [-0.15, -0.1) is 0 Å². The van der Waals surface area contributed by atoms with Crippen molar-refractivity contribution in [3.63, 3.8) is 0 Å². The summed E-state index contributed by atoms with van der Waals surface area (Å²) in [5, 5.41) is 6.51. The summed E-state index contributed by atoms with van der Waals surface area (Å²) in [6.45, 7) is 10.5. The van der Waals surface area contributed by atoms with Crippen LogP contribution in [-0.4, -0.2) is 29.1 Å². The van der Waals surface area contributed by atoms with E-state index < -0.39 is 0 Å². The van der Waals surface area contributed by atoms with Crippen LogP contribution in [-0.2, 0) is 0 Å². The highest BCUT2D eigenvalue weighted by Crippen LogP contribution is 2.20. The molecule has 0 radical (unpaired) electrons. The minimum atomic E-state index is 0.309. The Bertz CT molecular complexity index is 576. The quantitative estimate of drug-likeness (QED) is 0.812. The molecule has 5 nitrogen and oxygen atoms in total. The van der Waals surface area contributed by atoms with Crippen molar-refractivity contribution in [2.75, 3.05) is 28.6 Å². The van der Waals surface area contributed by atoms with Crippen molar-refractivity contribution in [2.24, 2.45) is 0 Å². The predicted molar refractivity (Wildman–Crippen MR) is 94.1 cm³/mol. The third kappa shape index (κ3) is 4.35. The van der Waals surface area contributed by atoms with Crippen molar-refractivity contribution in [3.05, 3.63) is 36.5 Å². The van der Waals surface area contributed by atoms with Crippen LogP contribution in [0.25, 0.3) is 0 Å². The standard InChI is InChI=1S/C17H25N5/c1-5-22(6-2)15-9-7-14(8-10-15)20-16-11-12-18-17(21-16)19-13(3)4/h7-13H,5-6H2,1-4H3,(H2,18,19,20,21). The molecule has 2 aromatic rings. The minimum Gasteiger partial charge on any atom is -0.372 e. The molecule has 1 aromatic carbocycles. The van der Waals surface area contributed by atoms with Crippen LogP contribution in [0.4, 0.5) is 23.1 Å². The molecular formula is C17H25N5. The minimum absolute atomic E-state index is 0.309. The third-order valence-electron chi connectivity index (χ3n) is 3.34. The normalized spacial score (nSPS) is 10.6. The maximum absolute atomic E-state index is 4.45. The van der Waals surface area contributed by atoms with Gasteiger partial charge in [-0.3, -0.25) is 0 Å². The van der Waals surface area contributed by atoms with E-state index in [-0.39, 0.29) is 0 Å². The summed E-state index contributed by atoms with van der Waals surface area (Å²) < 4.78 is 0. The molecule has 5 heteroatoms. The number of rotatable bonds is 7. The molecule has 0 aliphatic heterocycles. The molecule has 0 fully saturated rings. The average Bonchev–Trinajstić information content (AvgIpc) is 2.50. The lowest BCUT2D eigenvalue weighted by Gasteiger charge is -2.21. The maximum atomic E-state index is 4.45. The summed E-state index contributed by atoms with van der Waals surface area (Å²) in [4.78, 5) is 11.0. The van der Waals surface area contributed by atoms with E-state index >= 15 is 0 Å². The average molecular weight is 299 g/mol. The highest BCUT2D eigenvalue weighted by Gasteiger charge is 2.03. The number of hydrogen-bond donors (Lipinski definition) is 2. The number of benzene rings is 1. The van der Waals surface area contributed by atoms with E-state index in [1.807, 2.05) is 6.07 Å². The van der Waals surface area contributed by atoms with Crippen LogP contribution < -0.4 is 15.5 Å². The van der Waals surface area contributed by atoms with E-state index in [0.717, 1.165) is 24.6 Å². The van der Waals surface area contributed by atoms with Gasteiger partial charge in [0.1, 0.15) is 5.82 Å². The van der Waals surface area contributed by atoms with Crippen LogP contribution in [0.3, 0.4) is 0 Å². The molecule has 1 aromatic heterocycles. The molecule has 0 saturated carbocycles. The highest BCUT2D eigenvalue weighted by atomic mass is 15.1. The van der Waals surface area contributed by atoms with Crippen LogP contribution in [0.1, 0.15) is 27.7 Å². The first-order chi connectivity index (χ1) is 10.6. The number of hydrogen-bond acceptors (Lipinski definition) is 5. The molecular weight excluding hydrogens is 274 g/mol. The second-order valence-corrected chi connectivity index (χ2v) is 5.41. The van der Waals surface area contributed by atoms with Gasteiger partial charge in [0.25, 0.3) is 0 Å². The van der Waals surface area contributed by atoms with Gasteiger partial charge < -0.3 is 15.5 Å². The highest BCUT2D eigenvalue weighted by molar-refractivity contribution is 5.61. The second kappa shape index (κ2) is 7.64. The molecule has 0 spiro atoms. The van der Waals surface area contributed by atoms with Crippen molar-refractivity contribution >= 4 is 23.1 Å². The summed E-state index contributed by atoms with van der Waals surface area (Å²) in [6.07, 6.45) is 1.75. The van der Waals surface area contributed by atoms with Gasteiger partial charge in [-0.1, -0.05) is 0 Å². The largest absolute Gasteiger partial charge is 0.372 e.